The molecule has 0 fully saturated rings. The number of nitrogens with zero attached hydrogens (tertiary/aromatic N) is 1. The van der Waals surface area contributed by atoms with E-state index in [1.165, 1.54) is 4.31 Å². The van der Waals surface area contributed by atoms with Crippen LogP contribution in [0.1, 0.15) is 30.0 Å². The Morgan fingerprint density at radius 1 is 1.15 bits per heavy atom. The van der Waals surface area contributed by atoms with Gasteiger partial charge < -0.3 is 5.32 Å². The summed E-state index contributed by atoms with van der Waals surface area (Å²) in [6, 6.07) is 11.9. The Hall–Kier alpha value is -2.05. The molecular weight excluding hydrogens is 384 g/mol. The molecule has 7 heteroatoms. The quantitative estimate of drug-likeness (QED) is 0.757. The average molecular weight is 409 g/mol. The smallest absolute Gasteiger partial charge is 0.244 e. The molecule has 1 atom stereocenters. The highest BCUT2D eigenvalue weighted by Gasteiger charge is 2.31. The standard InChI is InChI=1S/C20H25ClN2O3S/c1-5-19(20(24)22-13-16-8-6-7-9-18(16)21)23(27(4,25)26)17-11-14(2)10-15(3)12-17/h6-12,19H,5,13H2,1-4H3,(H,22,24). The van der Waals surface area contributed by atoms with E-state index in [9.17, 15) is 13.2 Å². The molecule has 0 saturated heterocycles. The van der Waals surface area contributed by atoms with Crippen LogP contribution in [0.15, 0.2) is 42.5 Å². The highest BCUT2D eigenvalue weighted by atomic mass is 35.5. The van der Waals surface area contributed by atoms with Crippen molar-refractivity contribution in [2.24, 2.45) is 0 Å². The Labute approximate surface area is 166 Å². The predicted octanol–water partition coefficient (Wildman–Crippen LogP) is 3.82. The molecule has 146 valence electrons. The number of nitrogens with one attached hydrogen (secondary N) is 1. The fourth-order valence-electron chi connectivity index (χ4n) is 3.08. The third kappa shape index (κ3) is 5.47. The molecule has 5 nitrogen and oxygen atoms in total. The topological polar surface area (TPSA) is 66.5 Å². The Morgan fingerprint density at radius 3 is 2.26 bits per heavy atom. The Morgan fingerprint density at radius 2 is 1.74 bits per heavy atom. The van der Waals surface area contributed by atoms with Crippen molar-refractivity contribution in [3.63, 3.8) is 0 Å². The van der Waals surface area contributed by atoms with Crippen molar-refractivity contribution in [1.82, 2.24) is 5.32 Å². The molecule has 0 radical (unpaired) electrons. The van der Waals surface area contributed by atoms with Crippen LogP contribution in [0.5, 0.6) is 0 Å². The number of rotatable bonds is 7. The lowest BCUT2D eigenvalue weighted by Crippen LogP contribution is -2.49. The number of hydrogen-bond acceptors (Lipinski definition) is 3. The zero-order valence-electron chi connectivity index (χ0n) is 16.0. The van der Waals surface area contributed by atoms with E-state index in [0.29, 0.717) is 17.1 Å². The number of anilines is 1. The molecule has 1 unspecified atom stereocenters. The highest BCUT2D eigenvalue weighted by molar-refractivity contribution is 7.92. The van der Waals surface area contributed by atoms with Gasteiger partial charge in [0.2, 0.25) is 15.9 Å². The summed E-state index contributed by atoms with van der Waals surface area (Å²) in [4.78, 5) is 12.8. The highest BCUT2D eigenvalue weighted by Crippen LogP contribution is 2.25. The first kappa shape index (κ1) is 21.3. The van der Waals surface area contributed by atoms with Crippen molar-refractivity contribution < 1.29 is 13.2 Å². The Balaban J connectivity index is 2.32. The molecule has 0 bridgehead atoms. The van der Waals surface area contributed by atoms with Crippen LogP contribution in [0.25, 0.3) is 0 Å². The monoisotopic (exact) mass is 408 g/mol. The zero-order valence-corrected chi connectivity index (χ0v) is 17.6. The molecule has 27 heavy (non-hydrogen) atoms. The summed E-state index contributed by atoms with van der Waals surface area (Å²) in [7, 11) is -3.65. The zero-order chi connectivity index (χ0) is 20.2. The van der Waals surface area contributed by atoms with Crippen LogP contribution in [-0.4, -0.2) is 26.6 Å². The van der Waals surface area contributed by atoms with Crippen molar-refractivity contribution in [3.05, 3.63) is 64.2 Å². The lowest BCUT2D eigenvalue weighted by Gasteiger charge is -2.30. The molecule has 0 aliphatic carbocycles. The van der Waals surface area contributed by atoms with E-state index in [0.717, 1.165) is 22.9 Å². The number of halogens is 1. The first-order valence-corrected chi connectivity index (χ1v) is 10.9. The van der Waals surface area contributed by atoms with Crippen LogP contribution >= 0.6 is 11.6 Å². The molecule has 2 aromatic carbocycles. The van der Waals surface area contributed by atoms with Crippen LogP contribution in [0.4, 0.5) is 5.69 Å². The number of amides is 1. The fraction of sp³-hybridized carbons (Fsp3) is 0.350. The molecule has 2 aromatic rings. The van der Waals surface area contributed by atoms with Gasteiger partial charge >= 0.3 is 0 Å². The number of benzene rings is 2. The van der Waals surface area contributed by atoms with Gasteiger partial charge in [-0.05, 0) is 55.2 Å². The summed E-state index contributed by atoms with van der Waals surface area (Å²) in [5, 5.41) is 3.37. The van der Waals surface area contributed by atoms with Crippen molar-refractivity contribution in [3.8, 4) is 0 Å². The molecule has 0 saturated carbocycles. The van der Waals surface area contributed by atoms with Gasteiger partial charge in [-0.25, -0.2) is 8.42 Å². The lowest BCUT2D eigenvalue weighted by atomic mass is 10.1. The first-order chi connectivity index (χ1) is 12.6. The fourth-order valence-corrected chi connectivity index (χ4v) is 4.48. The number of carbonyl (C=O) groups excluding carboxylic acids is 1. The predicted molar refractivity (Wildman–Crippen MR) is 111 cm³/mol. The number of hydrogen-bond donors (Lipinski definition) is 1. The van der Waals surface area contributed by atoms with E-state index in [-0.39, 0.29) is 12.5 Å². The lowest BCUT2D eigenvalue weighted by molar-refractivity contribution is -0.122. The summed E-state index contributed by atoms with van der Waals surface area (Å²) in [5.41, 5.74) is 3.14. The van der Waals surface area contributed by atoms with E-state index in [1.807, 2.05) is 38.1 Å². The van der Waals surface area contributed by atoms with E-state index in [2.05, 4.69) is 5.32 Å². The van der Waals surface area contributed by atoms with Gasteiger partial charge in [-0.15, -0.1) is 0 Å². The van der Waals surface area contributed by atoms with Gasteiger partial charge in [-0.3, -0.25) is 9.10 Å². The summed E-state index contributed by atoms with van der Waals surface area (Å²) in [5.74, 6) is -0.359. The molecule has 1 N–H and O–H groups in total. The first-order valence-electron chi connectivity index (χ1n) is 8.72. The third-order valence-corrected chi connectivity index (χ3v) is 5.75. The van der Waals surface area contributed by atoms with Gasteiger partial charge in [0.1, 0.15) is 6.04 Å². The van der Waals surface area contributed by atoms with Gasteiger partial charge in [0.15, 0.2) is 0 Å². The van der Waals surface area contributed by atoms with Gasteiger partial charge in [0.05, 0.1) is 11.9 Å². The van der Waals surface area contributed by atoms with E-state index < -0.39 is 16.1 Å². The molecule has 0 aliphatic heterocycles. The normalized spacial score (nSPS) is 12.5. The maximum absolute atomic E-state index is 12.8. The van der Waals surface area contributed by atoms with E-state index >= 15 is 0 Å². The minimum atomic E-state index is -3.65. The number of sulfonamides is 1. The second kappa shape index (κ2) is 8.76. The van der Waals surface area contributed by atoms with Crippen molar-refractivity contribution in [1.29, 1.82) is 0 Å². The molecule has 0 spiro atoms. The molecule has 1 amide bonds. The summed E-state index contributed by atoms with van der Waals surface area (Å²) in [6.07, 6.45) is 1.46. The molecule has 2 rings (SSSR count). The second-order valence-corrected chi connectivity index (χ2v) is 8.90. The van der Waals surface area contributed by atoms with Crippen LogP contribution < -0.4 is 9.62 Å². The maximum Gasteiger partial charge on any atom is 0.244 e. The third-order valence-electron chi connectivity index (χ3n) is 4.20. The number of aryl methyl sites for hydroxylation is 2. The average Bonchev–Trinajstić information content (AvgIpc) is 2.56. The van der Waals surface area contributed by atoms with Crippen LogP contribution in [-0.2, 0) is 21.4 Å². The minimum absolute atomic E-state index is 0.236. The largest absolute Gasteiger partial charge is 0.350 e. The second-order valence-electron chi connectivity index (χ2n) is 6.64. The summed E-state index contributed by atoms with van der Waals surface area (Å²) in [6.45, 7) is 5.82. The molecular formula is C20H25ClN2O3S. The van der Waals surface area contributed by atoms with Gasteiger partial charge in [0, 0.05) is 11.6 Å². The Bertz CT molecular complexity index is 908. The van der Waals surface area contributed by atoms with E-state index in [4.69, 9.17) is 11.6 Å². The molecule has 0 aliphatic rings. The van der Waals surface area contributed by atoms with Gasteiger partial charge in [0.25, 0.3) is 0 Å². The van der Waals surface area contributed by atoms with Crippen molar-refractivity contribution in [2.45, 2.75) is 39.8 Å². The van der Waals surface area contributed by atoms with Crippen LogP contribution in [0.2, 0.25) is 5.02 Å². The minimum Gasteiger partial charge on any atom is -0.350 e. The Kier molecular flexibility index (Phi) is 6.89. The number of carbonyl (C=O) groups is 1. The van der Waals surface area contributed by atoms with Crippen molar-refractivity contribution >= 4 is 33.2 Å². The summed E-state index contributed by atoms with van der Waals surface area (Å²) < 4.78 is 26.2. The SMILES string of the molecule is CCC(C(=O)NCc1ccccc1Cl)N(c1cc(C)cc(C)c1)S(C)(=O)=O. The van der Waals surface area contributed by atoms with Gasteiger partial charge in [-0.1, -0.05) is 42.8 Å². The molecule has 0 aromatic heterocycles. The molecule has 0 heterocycles. The van der Waals surface area contributed by atoms with Crippen LogP contribution in [0, 0.1) is 13.8 Å². The van der Waals surface area contributed by atoms with E-state index in [1.54, 1.807) is 25.1 Å². The summed E-state index contributed by atoms with van der Waals surface area (Å²) >= 11 is 6.13. The van der Waals surface area contributed by atoms with Crippen molar-refractivity contribution in [2.75, 3.05) is 10.6 Å². The van der Waals surface area contributed by atoms with Crippen LogP contribution in [0.3, 0.4) is 0 Å². The van der Waals surface area contributed by atoms with Gasteiger partial charge in [-0.2, -0.15) is 0 Å². The maximum atomic E-state index is 12.8.